The van der Waals surface area contributed by atoms with Crippen molar-refractivity contribution in [2.24, 2.45) is 4.99 Å². The van der Waals surface area contributed by atoms with E-state index in [4.69, 9.17) is 14.6 Å². The summed E-state index contributed by atoms with van der Waals surface area (Å²) in [5.41, 5.74) is 1.72. The SMILES string of the molecule is C[C@H]1OC(c2ccccc2OCc2ccccc2)=N[C@H]1C(=O)O. The minimum Gasteiger partial charge on any atom is -0.488 e. The summed E-state index contributed by atoms with van der Waals surface area (Å²) in [6.45, 7) is 2.12. The molecule has 0 amide bonds. The Labute approximate surface area is 134 Å². The van der Waals surface area contributed by atoms with E-state index in [-0.39, 0.29) is 0 Å². The molecule has 5 nitrogen and oxygen atoms in total. The molecule has 1 aliphatic rings. The van der Waals surface area contributed by atoms with Crippen molar-refractivity contribution in [1.82, 2.24) is 0 Å². The summed E-state index contributed by atoms with van der Waals surface area (Å²) >= 11 is 0. The second kappa shape index (κ2) is 6.52. The first-order valence-corrected chi connectivity index (χ1v) is 7.38. The van der Waals surface area contributed by atoms with Crippen molar-refractivity contribution in [1.29, 1.82) is 0 Å². The molecule has 1 aliphatic heterocycles. The van der Waals surface area contributed by atoms with E-state index in [0.29, 0.717) is 23.8 Å². The van der Waals surface area contributed by atoms with Crippen molar-refractivity contribution >= 4 is 11.9 Å². The topological polar surface area (TPSA) is 68.1 Å². The molecule has 0 saturated carbocycles. The molecule has 0 unspecified atom stereocenters. The quantitative estimate of drug-likeness (QED) is 0.922. The molecule has 0 spiro atoms. The minimum atomic E-state index is -0.991. The van der Waals surface area contributed by atoms with Gasteiger partial charge in [0.15, 0.2) is 6.04 Å². The lowest BCUT2D eigenvalue weighted by Crippen LogP contribution is -2.27. The molecule has 0 fully saturated rings. The molecule has 0 radical (unpaired) electrons. The molecular weight excluding hydrogens is 294 g/mol. The van der Waals surface area contributed by atoms with Crippen molar-refractivity contribution < 1.29 is 19.4 Å². The number of carbonyl (C=O) groups is 1. The van der Waals surface area contributed by atoms with Gasteiger partial charge in [-0.25, -0.2) is 9.79 Å². The summed E-state index contributed by atoms with van der Waals surface area (Å²) < 4.78 is 11.5. The third kappa shape index (κ3) is 3.34. The van der Waals surface area contributed by atoms with Crippen LogP contribution in [0.15, 0.2) is 59.6 Å². The van der Waals surface area contributed by atoms with Crippen LogP contribution in [0.2, 0.25) is 0 Å². The van der Waals surface area contributed by atoms with Crippen LogP contribution < -0.4 is 4.74 Å². The van der Waals surface area contributed by atoms with Crippen molar-refractivity contribution in [2.45, 2.75) is 25.7 Å². The number of carboxylic acids is 1. The molecule has 0 aliphatic carbocycles. The zero-order chi connectivity index (χ0) is 16.2. The maximum Gasteiger partial charge on any atom is 0.332 e. The summed E-state index contributed by atoms with van der Waals surface area (Å²) in [7, 11) is 0. The standard InChI is InChI=1S/C18H17NO4/c1-12-16(18(20)21)19-17(23-12)14-9-5-6-10-15(14)22-11-13-7-3-2-4-8-13/h2-10,12,16H,11H2,1H3,(H,20,21)/t12-,16-/m1/s1. The van der Waals surface area contributed by atoms with Gasteiger partial charge in [-0.15, -0.1) is 0 Å². The highest BCUT2D eigenvalue weighted by Gasteiger charge is 2.34. The Balaban J connectivity index is 1.81. The Morgan fingerprint density at radius 2 is 1.87 bits per heavy atom. The lowest BCUT2D eigenvalue weighted by atomic mass is 10.2. The molecule has 2 aromatic rings. The summed E-state index contributed by atoms with van der Waals surface area (Å²) in [6.07, 6.45) is -0.496. The molecule has 1 N–H and O–H groups in total. The highest BCUT2D eigenvalue weighted by molar-refractivity contribution is 6.00. The van der Waals surface area contributed by atoms with Crippen molar-refractivity contribution in [3.8, 4) is 5.75 Å². The zero-order valence-electron chi connectivity index (χ0n) is 12.7. The lowest BCUT2D eigenvalue weighted by molar-refractivity contribution is -0.139. The number of nitrogens with zero attached hydrogens (tertiary/aromatic N) is 1. The van der Waals surface area contributed by atoms with Crippen LogP contribution in [0.4, 0.5) is 0 Å². The van der Waals surface area contributed by atoms with Gasteiger partial charge in [0.1, 0.15) is 18.5 Å². The second-order valence-electron chi connectivity index (χ2n) is 5.31. The fraction of sp³-hybridized carbons (Fsp3) is 0.222. The Morgan fingerprint density at radius 1 is 1.17 bits per heavy atom. The number of aliphatic carboxylic acids is 1. The molecular formula is C18H17NO4. The number of rotatable bonds is 5. The fourth-order valence-corrected chi connectivity index (χ4v) is 2.40. The number of para-hydroxylation sites is 1. The van der Waals surface area contributed by atoms with Gasteiger partial charge >= 0.3 is 5.97 Å². The number of ether oxygens (including phenoxy) is 2. The van der Waals surface area contributed by atoms with Crippen LogP contribution in [0, 0.1) is 0 Å². The van der Waals surface area contributed by atoms with E-state index < -0.39 is 18.1 Å². The van der Waals surface area contributed by atoms with E-state index in [1.54, 1.807) is 6.92 Å². The van der Waals surface area contributed by atoms with E-state index in [2.05, 4.69) is 4.99 Å². The zero-order valence-corrected chi connectivity index (χ0v) is 12.7. The van der Waals surface area contributed by atoms with Crippen LogP contribution in [0.5, 0.6) is 5.75 Å². The Bertz CT molecular complexity index is 727. The number of benzene rings is 2. The molecule has 0 bridgehead atoms. The third-order valence-corrected chi connectivity index (χ3v) is 3.61. The largest absolute Gasteiger partial charge is 0.488 e. The van der Waals surface area contributed by atoms with Gasteiger partial charge < -0.3 is 14.6 Å². The molecule has 0 aromatic heterocycles. The Hall–Kier alpha value is -2.82. The summed E-state index contributed by atoms with van der Waals surface area (Å²) in [5.74, 6) is -0.0583. The summed E-state index contributed by atoms with van der Waals surface area (Å²) in [6, 6.07) is 16.3. The molecule has 2 atom stereocenters. The number of hydrogen-bond acceptors (Lipinski definition) is 4. The second-order valence-corrected chi connectivity index (χ2v) is 5.31. The maximum absolute atomic E-state index is 11.2. The van der Waals surface area contributed by atoms with E-state index in [9.17, 15) is 4.79 Å². The normalized spacial score (nSPS) is 19.8. The molecule has 118 valence electrons. The average Bonchev–Trinajstić information content (AvgIpc) is 2.96. The number of carboxylic acid groups (broad SMARTS) is 1. The number of hydrogen-bond donors (Lipinski definition) is 1. The van der Waals surface area contributed by atoms with Crippen LogP contribution in [-0.2, 0) is 16.1 Å². The molecule has 1 heterocycles. The lowest BCUT2D eigenvalue weighted by Gasteiger charge is -2.12. The van der Waals surface area contributed by atoms with E-state index in [1.807, 2.05) is 54.6 Å². The predicted molar refractivity (Wildman–Crippen MR) is 85.7 cm³/mol. The van der Waals surface area contributed by atoms with Gasteiger partial charge in [0, 0.05) is 0 Å². The Kier molecular flexibility index (Phi) is 4.28. The first-order valence-electron chi connectivity index (χ1n) is 7.38. The van der Waals surface area contributed by atoms with Gasteiger partial charge in [-0.3, -0.25) is 0 Å². The highest BCUT2D eigenvalue weighted by atomic mass is 16.5. The van der Waals surface area contributed by atoms with Crippen LogP contribution >= 0.6 is 0 Å². The first-order chi connectivity index (χ1) is 11.1. The van der Waals surface area contributed by atoms with Crippen molar-refractivity contribution in [3.05, 3.63) is 65.7 Å². The van der Waals surface area contributed by atoms with Crippen LogP contribution in [0.3, 0.4) is 0 Å². The Morgan fingerprint density at radius 3 is 2.57 bits per heavy atom. The van der Waals surface area contributed by atoms with Gasteiger partial charge in [0.25, 0.3) is 0 Å². The third-order valence-electron chi connectivity index (χ3n) is 3.61. The fourth-order valence-electron chi connectivity index (χ4n) is 2.40. The molecule has 0 saturated heterocycles. The van der Waals surface area contributed by atoms with E-state index >= 15 is 0 Å². The van der Waals surface area contributed by atoms with E-state index in [1.165, 1.54) is 0 Å². The van der Waals surface area contributed by atoms with E-state index in [0.717, 1.165) is 5.56 Å². The minimum absolute atomic E-state index is 0.313. The molecule has 23 heavy (non-hydrogen) atoms. The summed E-state index contributed by atoms with van der Waals surface area (Å²) in [4.78, 5) is 15.3. The van der Waals surface area contributed by atoms with Crippen LogP contribution in [0.1, 0.15) is 18.1 Å². The first kappa shape index (κ1) is 15.1. The number of aliphatic imine (C=N–C) groups is 1. The van der Waals surface area contributed by atoms with Gasteiger partial charge in [-0.1, -0.05) is 42.5 Å². The maximum atomic E-state index is 11.2. The smallest absolute Gasteiger partial charge is 0.332 e. The van der Waals surface area contributed by atoms with Crippen molar-refractivity contribution in [2.75, 3.05) is 0 Å². The van der Waals surface area contributed by atoms with Gasteiger partial charge in [-0.2, -0.15) is 0 Å². The van der Waals surface area contributed by atoms with Crippen LogP contribution in [0.25, 0.3) is 0 Å². The monoisotopic (exact) mass is 311 g/mol. The van der Waals surface area contributed by atoms with Gasteiger partial charge in [-0.05, 0) is 24.6 Å². The predicted octanol–water partition coefficient (Wildman–Crippen LogP) is 2.88. The van der Waals surface area contributed by atoms with Gasteiger partial charge in [0.2, 0.25) is 5.90 Å². The van der Waals surface area contributed by atoms with Crippen LogP contribution in [-0.4, -0.2) is 29.1 Å². The van der Waals surface area contributed by atoms with Crippen molar-refractivity contribution in [3.63, 3.8) is 0 Å². The molecule has 5 heteroatoms. The average molecular weight is 311 g/mol. The highest BCUT2D eigenvalue weighted by Crippen LogP contribution is 2.25. The van der Waals surface area contributed by atoms with Gasteiger partial charge in [0.05, 0.1) is 5.56 Å². The molecule has 3 rings (SSSR count). The summed E-state index contributed by atoms with van der Waals surface area (Å²) in [5, 5.41) is 9.15. The molecule has 2 aromatic carbocycles.